The Kier molecular flexibility index (Phi) is 4.58. The minimum atomic E-state index is 0.107. The standard InChI is InChI=1S/C21H20N4O5S/c1-9-5-10(2)23-21-14(9)15(22)19(31-21)20-24-13(25-30-20)7-11-6-12(26-3)17-18(16(11)27-4)29-8-28-17/h5-6H,7-8,22H2,1-4H3. The van der Waals surface area contributed by atoms with E-state index in [2.05, 4.69) is 15.1 Å². The fourth-order valence-electron chi connectivity index (χ4n) is 3.79. The summed E-state index contributed by atoms with van der Waals surface area (Å²) in [6.45, 7) is 4.08. The lowest BCUT2D eigenvalue weighted by molar-refractivity contribution is 0.168. The van der Waals surface area contributed by atoms with Crippen molar-refractivity contribution in [3.05, 3.63) is 34.8 Å². The second kappa shape index (κ2) is 7.31. The Bertz CT molecular complexity index is 1310. The molecule has 0 saturated carbocycles. The second-order valence-corrected chi connectivity index (χ2v) is 8.13. The first kappa shape index (κ1) is 19.4. The van der Waals surface area contributed by atoms with Gasteiger partial charge in [0.2, 0.25) is 18.3 Å². The molecule has 4 aromatic rings. The van der Waals surface area contributed by atoms with E-state index in [0.717, 1.165) is 27.0 Å². The average molecular weight is 440 g/mol. The topological polar surface area (TPSA) is 115 Å². The van der Waals surface area contributed by atoms with Crippen LogP contribution >= 0.6 is 11.3 Å². The summed E-state index contributed by atoms with van der Waals surface area (Å²) in [6.07, 6.45) is 0.348. The molecule has 2 N–H and O–H groups in total. The molecule has 4 heterocycles. The number of hydrogen-bond acceptors (Lipinski definition) is 10. The summed E-state index contributed by atoms with van der Waals surface area (Å²) >= 11 is 1.44. The highest BCUT2D eigenvalue weighted by Crippen LogP contribution is 2.50. The van der Waals surface area contributed by atoms with Gasteiger partial charge in [-0.2, -0.15) is 4.98 Å². The summed E-state index contributed by atoms with van der Waals surface area (Å²) in [5.74, 6) is 2.97. The number of methoxy groups -OCH3 is 2. The van der Waals surface area contributed by atoms with Crippen LogP contribution in [-0.4, -0.2) is 36.1 Å². The molecule has 3 aromatic heterocycles. The maximum absolute atomic E-state index is 6.40. The summed E-state index contributed by atoms with van der Waals surface area (Å²) < 4.78 is 27.6. The number of nitrogens with two attached hydrogens (primary N) is 1. The molecule has 0 radical (unpaired) electrons. The van der Waals surface area contributed by atoms with Crippen LogP contribution in [0, 0.1) is 13.8 Å². The molecule has 31 heavy (non-hydrogen) atoms. The third kappa shape index (κ3) is 3.10. The van der Waals surface area contributed by atoms with Gasteiger partial charge in [0.15, 0.2) is 17.3 Å². The summed E-state index contributed by atoms with van der Waals surface area (Å²) in [6, 6.07) is 3.83. The minimum Gasteiger partial charge on any atom is -0.493 e. The molecule has 10 heteroatoms. The van der Waals surface area contributed by atoms with Crippen LogP contribution in [0.3, 0.4) is 0 Å². The zero-order valence-electron chi connectivity index (χ0n) is 17.4. The molecular formula is C21H20N4O5S. The van der Waals surface area contributed by atoms with E-state index in [1.54, 1.807) is 14.2 Å². The number of pyridine rings is 1. The first-order valence-corrected chi connectivity index (χ1v) is 10.3. The first-order chi connectivity index (χ1) is 15.0. The molecule has 1 aromatic carbocycles. The number of nitrogens with zero attached hydrogens (tertiary/aromatic N) is 3. The maximum Gasteiger partial charge on any atom is 0.270 e. The van der Waals surface area contributed by atoms with Crippen molar-refractivity contribution >= 4 is 27.2 Å². The predicted molar refractivity (Wildman–Crippen MR) is 115 cm³/mol. The number of nitrogen functional groups attached to an aromatic ring is 1. The molecule has 0 saturated heterocycles. The van der Waals surface area contributed by atoms with Crippen molar-refractivity contribution in [2.45, 2.75) is 20.3 Å². The number of benzene rings is 1. The molecule has 1 aliphatic rings. The number of hydrogen-bond donors (Lipinski definition) is 1. The molecule has 0 aliphatic carbocycles. The highest BCUT2D eigenvalue weighted by molar-refractivity contribution is 7.22. The van der Waals surface area contributed by atoms with Gasteiger partial charge in [0.1, 0.15) is 9.71 Å². The van der Waals surface area contributed by atoms with E-state index < -0.39 is 0 Å². The highest BCUT2D eigenvalue weighted by atomic mass is 32.1. The van der Waals surface area contributed by atoms with Crippen LogP contribution in [0.1, 0.15) is 22.6 Å². The largest absolute Gasteiger partial charge is 0.493 e. The van der Waals surface area contributed by atoms with Crippen LogP contribution in [0.2, 0.25) is 0 Å². The zero-order valence-corrected chi connectivity index (χ0v) is 18.3. The molecule has 0 bridgehead atoms. The normalized spacial score (nSPS) is 12.5. The van der Waals surface area contributed by atoms with Gasteiger partial charge in [-0.15, -0.1) is 11.3 Å². The number of rotatable bonds is 5. The number of thiophene rings is 1. The maximum atomic E-state index is 6.40. The van der Waals surface area contributed by atoms with Crippen LogP contribution in [-0.2, 0) is 6.42 Å². The number of fused-ring (bicyclic) bond motifs is 2. The predicted octanol–water partition coefficient (Wildman–Crippen LogP) is 3.88. The van der Waals surface area contributed by atoms with E-state index in [4.69, 9.17) is 29.2 Å². The van der Waals surface area contributed by atoms with Crippen LogP contribution in [0.15, 0.2) is 16.7 Å². The van der Waals surface area contributed by atoms with Crippen LogP contribution in [0.25, 0.3) is 21.0 Å². The highest BCUT2D eigenvalue weighted by Gasteiger charge is 2.28. The van der Waals surface area contributed by atoms with Crippen molar-refractivity contribution < 1.29 is 23.5 Å². The molecule has 0 spiro atoms. The van der Waals surface area contributed by atoms with Crippen LogP contribution < -0.4 is 24.7 Å². The third-order valence-electron chi connectivity index (χ3n) is 5.10. The van der Waals surface area contributed by atoms with Crippen LogP contribution in [0.5, 0.6) is 23.0 Å². The fraction of sp³-hybridized carbons (Fsp3) is 0.286. The number of aromatic nitrogens is 3. The SMILES string of the molecule is COc1cc(Cc2noc(-c3sc4nc(C)cc(C)c4c3N)n2)c(OC)c2c1OCO2. The van der Waals surface area contributed by atoms with Crippen molar-refractivity contribution in [1.82, 2.24) is 15.1 Å². The van der Waals surface area contributed by atoms with Gasteiger partial charge in [0.05, 0.1) is 19.9 Å². The van der Waals surface area contributed by atoms with Gasteiger partial charge in [-0.05, 0) is 31.5 Å². The van der Waals surface area contributed by atoms with Crippen molar-refractivity contribution in [1.29, 1.82) is 0 Å². The van der Waals surface area contributed by atoms with E-state index in [0.29, 0.717) is 51.7 Å². The van der Waals surface area contributed by atoms with Crippen molar-refractivity contribution in [2.75, 3.05) is 26.7 Å². The Hall–Kier alpha value is -3.53. The molecule has 5 rings (SSSR count). The molecule has 0 amide bonds. The molecule has 160 valence electrons. The van der Waals surface area contributed by atoms with Gasteiger partial charge < -0.3 is 29.2 Å². The van der Waals surface area contributed by atoms with Crippen molar-refractivity contribution in [3.63, 3.8) is 0 Å². The third-order valence-corrected chi connectivity index (χ3v) is 6.19. The van der Waals surface area contributed by atoms with Gasteiger partial charge in [-0.3, -0.25) is 0 Å². The number of ether oxygens (including phenoxy) is 4. The molecule has 0 atom stereocenters. The number of anilines is 1. The van der Waals surface area contributed by atoms with Crippen LogP contribution in [0.4, 0.5) is 5.69 Å². The lowest BCUT2D eigenvalue weighted by Crippen LogP contribution is -1.99. The van der Waals surface area contributed by atoms with E-state index in [1.165, 1.54) is 11.3 Å². The molecule has 1 aliphatic heterocycles. The summed E-state index contributed by atoms with van der Waals surface area (Å²) in [5.41, 5.74) is 9.80. The van der Waals surface area contributed by atoms with Gasteiger partial charge in [-0.1, -0.05) is 5.16 Å². The zero-order chi connectivity index (χ0) is 21.7. The first-order valence-electron chi connectivity index (χ1n) is 9.52. The van der Waals surface area contributed by atoms with Gasteiger partial charge >= 0.3 is 0 Å². The lowest BCUT2D eigenvalue weighted by atomic mass is 10.1. The fourth-order valence-corrected chi connectivity index (χ4v) is 4.93. The summed E-state index contributed by atoms with van der Waals surface area (Å²) in [4.78, 5) is 10.7. The summed E-state index contributed by atoms with van der Waals surface area (Å²) in [5, 5.41) is 5.06. The molecule has 9 nitrogen and oxygen atoms in total. The summed E-state index contributed by atoms with van der Waals surface area (Å²) in [7, 11) is 3.14. The van der Waals surface area contributed by atoms with Gasteiger partial charge in [0, 0.05) is 23.1 Å². The Labute approximate surface area is 181 Å². The van der Waals surface area contributed by atoms with Crippen molar-refractivity contribution in [3.8, 4) is 33.8 Å². The molecule has 0 unspecified atom stereocenters. The Morgan fingerprint density at radius 3 is 2.68 bits per heavy atom. The minimum absolute atomic E-state index is 0.107. The van der Waals surface area contributed by atoms with Gasteiger partial charge in [0.25, 0.3) is 5.89 Å². The Balaban J connectivity index is 1.52. The smallest absolute Gasteiger partial charge is 0.270 e. The Morgan fingerprint density at radius 1 is 1.10 bits per heavy atom. The van der Waals surface area contributed by atoms with Crippen molar-refractivity contribution in [2.24, 2.45) is 0 Å². The average Bonchev–Trinajstić information content (AvgIpc) is 3.46. The monoisotopic (exact) mass is 440 g/mol. The second-order valence-electron chi connectivity index (χ2n) is 7.13. The van der Waals surface area contributed by atoms with Gasteiger partial charge in [-0.25, -0.2) is 4.98 Å². The molecule has 0 fully saturated rings. The Morgan fingerprint density at radius 2 is 1.90 bits per heavy atom. The lowest BCUT2D eigenvalue weighted by Gasteiger charge is -2.12. The molecular weight excluding hydrogens is 420 g/mol. The van der Waals surface area contributed by atoms with E-state index >= 15 is 0 Å². The quantitative estimate of drug-likeness (QED) is 0.493. The number of aryl methyl sites for hydroxylation is 2. The van der Waals surface area contributed by atoms with E-state index in [-0.39, 0.29) is 6.79 Å². The van der Waals surface area contributed by atoms with E-state index in [9.17, 15) is 0 Å². The van der Waals surface area contributed by atoms with E-state index in [1.807, 2.05) is 26.0 Å².